The molecule has 22 heteroatoms. The Labute approximate surface area is 731 Å². The molecule has 18 nitrogen and oxygen atoms in total. The minimum Gasteiger partial charge on any atom is -0.497 e. The molecule has 7 aliphatic rings. The highest BCUT2D eigenvalue weighted by Gasteiger charge is 2.38. The average molecular weight is 1740 g/mol. The fraction of sp³-hybridized carbons (Fsp3) is 0.598. The number of urea groups is 2. The van der Waals surface area contributed by atoms with E-state index in [9.17, 15) is 23.2 Å². The van der Waals surface area contributed by atoms with E-state index in [2.05, 4.69) is 96.1 Å². The number of hydrogen-bond donors (Lipinski definition) is 0. The number of aryl methyl sites for hydroxylation is 4. The van der Waals surface area contributed by atoms with Gasteiger partial charge in [-0.1, -0.05) is 143 Å². The van der Waals surface area contributed by atoms with E-state index in [0.29, 0.717) is 55.3 Å². The van der Waals surface area contributed by atoms with Gasteiger partial charge < -0.3 is 67.2 Å². The van der Waals surface area contributed by atoms with E-state index in [0.717, 1.165) is 210 Å². The van der Waals surface area contributed by atoms with Crippen molar-refractivity contribution in [1.29, 1.82) is 0 Å². The molecule has 0 spiro atoms. The van der Waals surface area contributed by atoms with Crippen LogP contribution in [0.1, 0.15) is 206 Å². The van der Waals surface area contributed by atoms with E-state index < -0.39 is 11.6 Å². The van der Waals surface area contributed by atoms with Gasteiger partial charge in [0.15, 0.2) is 11.6 Å². The van der Waals surface area contributed by atoms with Crippen LogP contribution in [0.2, 0.25) is 0 Å². The van der Waals surface area contributed by atoms with E-state index in [1.165, 1.54) is 73.6 Å². The first-order valence-corrected chi connectivity index (χ1v) is 44.0. The summed E-state index contributed by atoms with van der Waals surface area (Å²) in [7, 11) is 3.62. The van der Waals surface area contributed by atoms with Crippen LogP contribution in [0, 0.1) is 56.6 Å². The maximum atomic E-state index is 13.3. The molecule has 3 aliphatic carbocycles. The molecule has 4 heterocycles. The molecule has 1 atom stereocenters. The number of ether oxygens (including phenoxy) is 8. The van der Waals surface area contributed by atoms with Crippen molar-refractivity contribution < 1.29 is 65.9 Å². The highest BCUT2D eigenvalue weighted by atomic mass is 79.9. The fourth-order valence-electron chi connectivity index (χ4n) is 13.6. The average Bonchev–Trinajstić information content (AvgIpc) is 1.69. The normalized spacial score (nSPS) is 16.4. The number of methoxy groups -OCH3 is 1. The van der Waals surface area contributed by atoms with E-state index in [4.69, 9.17) is 42.7 Å². The first kappa shape index (κ1) is 104. The van der Waals surface area contributed by atoms with Gasteiger partial charge in [-0.15, -0.1) is 34.5 Å². The number of carbonyl (C=O) groups is 3. The van der Waals surface area contributed by atoms with Crippen molar-refractivity contribution >= 4 is 47.4 Å². The fourth-order valence-corrected chi connectivity index (χ4v) is 13.6. The Morgan fingerprint density at radius 3 is 1.41 bits per heavy atom. The first-order valence-electron chi connectivity index (χ1n) is 44.0. The van der Waals surface area contributed by atoms with Crippen molar-refractivity contribution in [2.45, 2.75) is 236 Å². The molecule has 5 amide bonds. The Morgan fingerprint density at radius 2 is 0.941 bits per heavy atom. The standard InChI is InChI=1S/C17H19NO2.C16H16F2O2.C15H28N2O2.C14H26N2O2.C14H25NO2.C9H12O.C8H10O.C4H10.BrH.ClH/c1-14-7-9-16(10-8-14)20-18-12-11-17(13-18)19-15-5-3-2-4-6-15;1-12-3-6-14(7-4-12)19-9-2-10-20-16-11-13(17)5-8-15(16)18;1-3-9-17(14-5-6-14)15(18)16(4-2)12-13-7-10-19-11-8-13;1-3-8-16(13-4-5-13)14(17)15(2)11-12-6-9-18-10-7-12;1-3-8-15(12-4-5-12)13(16)11-14(2)6-9-17-10-7-14;1-3-10-9-6-4-8(2)5-7-9;1-7-3-5-8(9-2)6-4-7;1-3-4-2;;/h2-10,17H,11-13H2,1H3;3-8,11H,2,9-10H2,1H3;13-14H,3-12H2,1-2H3;12-13H,3-11H2,1-2H3;12H,3-11H2,1-2H3;4-7H,3H2,1-2H3;3-6H,1-2H3;3-4H2,1-2H3;2*1H. The zero-order chi connectivity index (χ0) is 84.6. The van der Waals surface area contributed by atoms with Crippen molar-refractivity contribution in [3.8, 4) is 34.5 Å². The van der Waals surface area contributed by atoms with Crippen LogP contribution < -0.4 is 28.5 Å². The van der Waals surface area contributed by atoms with Gasteiger partial charge in [0.25, 0.3) is 0 Å². The third kappa shape index (κ3) is 42.3. The lowest BCUT2D eigenvalue weighted by molar-refractivity contribution is -0.135. The number of halogens is 4. The molecule has 119 heavy (non-hydrogen) atoms. The number of amides is 5. The molecule has 13 rings (SSSR count). The Morgan fingerprint density at radius 1 is 0.496 bits per heavy atom. The second-order valence-electron chi connectivity index (χ2n) is 32.2. The predicted octanol–water partition coefficient (Wildman–Crippen LogP) is 22.4. The van der Waals surface area contributed by atoms with Crippen molar-refractivity contribution in [3.05, 3.63) is 179 Å². The molecular weight excluding hydrogens is 1590 g/mol. The zero-order valence-corrected chi connectivity index (χ0v) is 77.2. The molecule has 0 aromatic heterocycles. The lowest BCUT2D eigenvalue weighted by atomic mass is 9.79. The molecule has 4 aliphatic heterocycles. The van der Waals surface area contributed by atoms with Crippen LogP contribution in [-0.4, -0.2) is 198 Å². The minimum atomic E-state index is -0.564. The summed E-state index contributed by atoms with van der Waals surface area (Å²) in [4.78, 5) is 53.5. The molecule has 4 saturated heterocycles. The van der Waals surface area contributed by atoms with Crippen molar-refractivity contribution in [3.63, 3.8) is 0 Å². The second kappa shape index (κ2) is 59.4. The molecule has 666 valence electrons. The van der Waals surface area contributed by atoms with Gasteiger partial charge in [-0.25, -0.2) is 18.4 Å². The van der Waals surface area contributed by atoms with Gasteiger partial charge in [0, 0.05) is 136 Å². The molecular formula is C97H148BrClF2N6O12. The Hall–Kier alpha value is -7.40. The van der Waals surface area contributed by atoms with Gasteiger partial charge in [-0.3, -0.25) is 4.79 Å². The third-order valence-electron chi connectivity index (χ3n) is 21.3. The molecule has 3 saturated carbocycles. The number of benzene rings is 6. The van der Waals surface area contributed by atoms with Gasteiger partial charge in [0.1, 0.15) is 40.7 Å². The quantitative estimate of drug-likeness (QED) is 0.0393. The number of carbonyl (C=O) groups excluding carboxylic acids is 3. The smallest absolute Gasteiger partial charge is 0.320 e. The predicted molar refractivity (Wildman–Crippen MR) is 486 cm³/mol. The summed E-state index contributed by atoms with van der Waals surface area (Å²) in [5, 5.41) is 1.97. The second-order valence-corrected chi connectivity index (χ2v) is 32.2. The number of nitrogens with zero attached hydrogens (tertiary/aromatic N) is 6. The third-order valence-corrected chi connectivity index (χ3v) is 21.3. The molecule has 1 unspecified atom stereocenters. The zero-order valence-electron chi connectivity index (χ0n) is 74.6. The number of hydroxylamine groups is 2. The van der Waals surface area contributed by atoms with Gasteiger partial charge in [0.2, 0.25) is 5.91 Å². The van der Waals surface area contributed by atoms with Crippen molar-refractivity contribution in [1.82, 2.24) is 29.6 Å². The molecule has 0 bridgehead atoms. The summed E-state index contributed by atoms with van der Waals surface area (Å²) < 4.78 is 69.2. The van der Waals surface area contributed by atoms with Gasteiger partial charge >= 0.3 is 12.1 Å². The maximum absolute atomic E-state index is 13.3. The van der Waals surface area contributed by atoms with Crippen LogP contribution in [-0.2, 0) is 19.0 Å². The highest BCUT2D eigenvalue weighted by Crippen LogP contribution is 2.37. The van der Waals surface area contributed by atoms with Gasteiger partial charge in [0.05, 0.1) is 33.5 Å². The molecule has 6 aromatic rings. The number of rotatable bonds is 30. The van der Waals surface area contributed by atoms with Gasteiger partial charge in [-0.2, -0.15) is 0 Å². The van der Waals surface area contributed by atoms with Crippen molar-refractivity contribution in [2.24, 2.45) is 17.3 Å². The molecule has 0 radical (unpaired) electrons. The van der Waals surface area contributed by atoms with Crippen LogP contribution in [0.5, 0.6) is 34.5 Å². The van der Waals surface area contributed by atoms with E-state index in [1.54, 1.807) is 7.11 Å². The van der Waals surface area contributed by atoms with Crippen molar-refractivity contribution in [2.75, 3.05) is 126 Å². The minimum absolute atomic E-state index is 0. The number of para-hydroxylation sites is 1. The van der Waals surface area contributed by atoms with Crippen LogP contribution in [0.25, 0.3) is 0 Å². The maximum Gasteiger partial charge on any atom is 0.320 e. The summed E-state index contributed by atoms with van der Waals surface area (Å²) in [6, 6.07) is 47.1. The summed E-state index contributed by atoms with van der Waals surface area (Å²) in [5.41, 5.74) is 5.11. The van der Waals surface area contributed by atoms with Gasteiger partial charge in [-0.05, 0) is 228 Å². The summed E-state index contributed by atoms with van der Waals surface area (Å²) in [5.74, 6) is 4.94. The highest BCUT2D eigenvalue weighted by molar-refractivity contribution is 8.93. The topological polar surface area (TPSA) is 154 Å². The summed E-state index contributed by atoms with van der Waals surface area (Å²) in [6.07, 6.45) is 21.9. The summed E-state index contributed by atoms with van der Waals surface area (Å²) in [6.45, 7) is 38.9. The molecule has 7 fully saturated rings. The number of unbranched alkanes of at least 4 members (excludes halogenated alkanes) is 1. The van der Waals surface area contributed by atoms with E-state index >= 15 is 0 Å². The Balaban J connectivity index is 0.000000292. The monoisotopic (exact) mass is 1740 g/mol. The van der Waals surface area contributed by atoms with Crippen LogP contribution in [0.3, 0.4) is 0 Å². The lowest BCUT2D eigenvalue weighted by Crippen LogP contribution is -2.46. The van der Waals surface area contributed by atoms with E-state index in [1.807, 2.05) is 151 Å². The van der Waals surface area contributed by atoms with Crippen LogP contribution >= 0.6 is 29.4 Å². The summed E-state index contributed by atoms with van der Waals surface area (Å²) >= 11 is 0. The first-order chi connectivity index (χ1) is 56.6. The Bertz CT molecular complexity index is 3620. The van der Waals surface area contributed by atoms with Crippen LogP contribution in [0.4, 0.5) is 18.4 Å². The Kier molecular flexibility index (Phi) is 51.9. The lowest BCUT2D eigenvalue weighted by Gasteiger charge is -2.35. The molecule has 0 N–H and O–H groups in total. The molecule has 6 aromatic carbocycles. The SMILES string of the molecule is Br.CCCC.CCCN(C(=O)CC1(C)CCOCC1)C1CC1.CCCN(C(=O)N(C)CC1CCOCC1)C1CC1.CCCN(C(=O)N(CC)CC1CCOCC1)C1CC1.CCOc1ccc(C)cc1.COc1ccc(C)cc1.Cc1ccc(OCCCOc2cc(F)ccc2F)cc1.Cc1ccc(ON2CCC(Oc3ccccc3)C2)cc1.Cl. The van der Waals surface area contributed by atoms with E-state index in [-0.39, 0.29) is 65.3 Å². The largest absolute Gasteiger partial charge is 0.497 e. The number of hydrogen-bond acceptors (Lipinski definition) is 13. The van der Waals surface area contributed by atoms with Crippen LogP contribution in [0.15, 0.2) is 146 Å².